The molecule has 1 saturated heterocycles. The van der Waals surface area contributed by atoms with Crippen LogP contribution in [0.2, 0.25) is 10.0 Å². The standard InChI is InChI=1S/C26H27Cl2N3O3S/c1-18-4-2-5-19(16-18)17-31-14-12-20(13-15-31)26(32)29-21-8-10-22(11-9-21)35(33,34)30-24-7-3-6-23(27)25(24)28/h2-11,16,20,30H,12-15,17H2,1H3,(H,29,32). The first-order chi connectivity index (χ1) is 16.7. The van der Waals surface area contributed by atoms with Crippen LogP contribution in [0, 0.1) is 12.8 Å². The average Bonchev–Trinajstić information content (AvgIpc) is 2.83. The Kier molecular flexibility index (Phi) is 8.02. The van der Waals surface area contributed by atoms with Gasteiger partial charge in [0.15, 0.2) is 0 Å². The van der Waals surface area contributed by atoms with Crippen LogP contribution in [0.5, 0.6) is 0 Å². The van der Waals surface area contributed by atoms with Gasteiger partial charge in [-0.15, -0.1) is 0 Å². The molecule has 6 nitrogen and oxygen atoms in total. The molecule has 4 rings (SSSR count). The Labute approximate surface area is 216 Å². The van der Waals surface area contributed by atoms with Crippen LogP contribution in [0.4, 0.5) is 11.4 Å². The number of benzene rings is 3. The number of carbonyl (C=O) groups excluding carboxylic acids is 1. The third-order valence-corrected chi connectivity index (χ3v) is 8.28. The smallest absolute Gasteiger partial charge is 0.261 e. The van der Waals surface area contributed by atoms with Crippen molar-refractivity contribution in [2.75, 3.05) is 23.1 Å². The summed E-state index contributed by atoms with van der Waals surface area (Å²) in [4.78, 5) is 15.2. The number of anilines is 2. The van der Waals surface area contributed by atoms with Crippen molar-refractivity contribution < 1.29 is 13.2 Å². The molecule has 0 unspecified atom stereocenters. The van der Waals surface area contributed by atoms with E-state index in [9.17, 15) is 13.2 Å². The molecule has 0 saturated carbocycles. The normalized spacial score (nSPS) is 15.1. The van der Waals surface area contributed by atoms with Gasteiger partial charge in [-0.2, -0.15) is 0 Å². The Morgan fingerprint density at radius 3 is 2.37 bits per heavy atom. The van der Waals surface area contributed by atoms with Crippen LogP contribution in [-0.4, -0.2) is 32.3 Å². The molecular weight excluding hydrogens is 505 g/mol. The fraction of sp³-hybridized carbons (Fsp3) is 0.269. The summed E-state index contributed by atoms with van der Waals surface area (Å²) in [6.45, 7) is 4.70. The number of halogens is 2. The van der Waals surface area contributed by atoms with Gasteiger partial charge in [-0.05, 0) is 74.8 Å². The first-order valence-electron chi connectivity index (χ1n) is 11.4. The molecule has 0 spiro atoms. The number of hydrogen-bond donors (Lipinski definition) is 2. The van der Waals surface area contributed by atoms with E-state index >= 15 is 0 Å². The van der Waals surface area contributed by atoms with Crippen molar-refractivity contribution >= 4 is 50.5 Å². The van der Waals surface area contributed by atoms with Crippen molar-refractivity contribution in [2.24, 2.45) is 5.92 Å². The zero-order chi connectivity index (χ0) is 25.0. The Balaban J connectivity index is 1.31. The Morgan fingerprint density at radius 2 is 1.69 bits per heavy atom. The zero-order valence-electron chi connectivity index (χ0n) is 19.3. The van der Waals surface area contributed by atoms with E-state index in [1.807, 2.05) is 0 Å². The van der Waals surface area contributed by atoms with E-state index in [1.165, 1.54) is 29.3 Å². The number of likely N-dealkylation sites (tertiary alicyclic amines) is 1. The predicted octanol–water partition coefficient (Wildman–Crippen LogP) is 5.95. The lowest BCUT2D eigenvalue weighted by molar-refractivity contribution is -0.121. The van der Waals surface area contributed by atoms with Crippen molar-refractivity contribution in [2.45, 2.75) is 31.2 Å². The lowest BCUT2D eigenvalue weighted by Crippen LogP contribution is -2.37. The second kappa shape index (κ2) is 11.0. The molecule has 1 amide bonds. The minimum atomic E-state index is -3.86. The number of amides is 1. The fourth-order valence-corrected chi connectivity index (χ4v) is 5.65. The number of hydrogen-bond acceptors (Lipinski definition) is 4. The maximum Gasteiger partial charge on any atom is 0.261 e. The van der Waals surface area contributed by atoms with E-state index in [-0.39, 0.29) is 32.5 Å². The topological polar surface area (TPSA) is 78.5 Å². The molecule has 1 heterocycles. The van der Waals surface area contributed by atoms with E-state index < -0.39 is 10.0 Å². The van der Waals surface area contributed by atoms with Crippen LogP contribution in [0.3, 0.4) is 0 Å². The van der Waals surface area contributed by atoms with Gasteiger partial charge in [0.2, 0.25) is 5.91 Å². The third-order valence-electron chi connectivity index (χ3n) is 6.08. The van der Waals surface area contributed by atoms with Gasteiger partial charge in [-0.25, -0.2) is 8.42 Å². The first kappa shape index (κ1) is 25.5. The Hall–Kier alpha value is -2.58. The van der Waals surface area contributed by atoms with Crippen molar-refractivity contribution in [3.63, 3.8) is 0 Å². The van der Waals surface area contributed by atoms with Gasteiger partial charge >= 0.3 is 0 Å². The predicted molar refractivity (Wildman–Crippen MR) is 142 cm³/mol. The second-order valence-electron chi connectivity index (χ2n) is 8.76. The lowest BCUT2D eigenvalue weighted by atomic mass is 9.95. The van der Waals surface area contributed by atoms with E-state index in [0.29, 0.717) is 5.69 Å². The molecular formula is C26H27Cl2N3O3S. The van der Waals surface area contributed by atoms with Crippen LogP contribution in [-0.2, 0) is 21.4 Å². The van der Waals surface area contributed by atoms with Crippen molar-refractivity contribution in [3.05, 3.63) is 87.9 Å². The summed E-state index contributed by atoms with van der Waals surface area (Å²) in [5.41, 5.74) is 3.29. The largest absolute Gasteiger partial charge is 0.326 e. The number of rotatable bonds is 7. The van der Waals surface area contributed by atoms with Crippen LogP contribution < -0.4 is 10.0 Å². The zero-order valence-corrected chi connectivity index (χ0v) is 21.6. The van der Waals surface area contributed by atoms with Crippen LogP contribution >= 0.6 is 23.2 Å². The van der Waals surface area contributed by atoms with Crippen molar-refractivity contribution in [1.29, 1.82) is 0 Å². The summed E-state index contributed by atoms with van der Waals surface area (Å²) in [6.07, 6.45) is 1.57. The minimum Gasteiger partial charge on any atom is -0.326 e. The van der Waals surface area contributed by atoms with E-state index in [2.05, 4.69) is 46.1 Å². The number of nitrogens with one attached hydrogen (secondary N) is 2. The number of nitrogens with zero attached hydrogens (tertiary/aromatic N) is 1. The Morgan fingerprint density at radius 1 is 1.00 bits per heavy atom. The molecule has 0 bridgehead atoms. The molecule has 1 aliphatic heterocycles. The molecule has 3 aromatic rings. The summed E-state index contributed by atoms with van der Waals surface area (Å²) in [6, 6.07) is 19.3. The van der Waals surface area contributed by atoms with Crippen molar-refractivity contribution in [1.82, 2.24) is 4.90 Å². The summed E-state index contributed by atoms with van der Waals surface area (Å²) in [5, 5.41) is 3.30. The Bertz CT molecular complexity index is 1310. The highest BCUT2D eigenvalue weighted by Gasteiger charge is 2.25. The number of aryl methyl sites for hydroxylation is 1. The molecule has 0 radical (unpaired) electrons. The van der Waals surface area contributed by atoms with Gasteiger partial charge in [0, 0.05) is 18.2 Å². The van der Waals surface area contributed by atoms with E-state index in [1.54, 1.807) is 24.3 Å². The average molecular weight is 532 g/mol. The fourth-order valence-electron chi connectivity index (χ4n) is 4.17. The summed E-state index contributed by atoms with van der Waals surface area (Å²) >= 11 is 12.1. The van der Waals surface area contributed by atoms with Gasteiger partial charge in [-0.3, -0.25) is 14.4 Å². The monoisotopic (exact) mass is 531 g/mol. The molecule has 0 aromatic heterocycles. The van der Waals surface area contributed by atoms with Gasteiger partial charge in [0.1, 0.15) is 0 Å². The molecule has 0 aliphatic carbocycles. The number of piperidine rings is 1. The highest BCUT2D eigenvalue weighted by Crippen LogP contribution is 2.31. The van der Waals surface area contributed by atoms with Crippen molar-refractivity contribution in [3.8, 4) is 0 Å². The molecule has 0 atom stereocenters. The van der Waals surface area contributed by atoms with Gasteiger partial charge in [0.25, 0.3) is 10.0 Å². The number of sulfonamides is 1. The second-order valence-corrected chi connectivity index (χ2v) is 11.2. The van der Waals surface area contributed by atoms with E-state index in [4.69, 9.17) is 23.2 Å². The molecule has 9 heteroatoms. The molecule has 2 N–H and O–H groups in total. The molecule has 1 aliphatic rings. The molecule has 184 valence electrons. The highest BCUT2D eigenvalue weighted by atomic mass is 35.5. The maximum atomic E-state index is 12.8. The van der Waals surface area contributed by atoms with Gasteiger partial charge < -0.3 is 5.32 Å². The molecule has 1 fully saturated rings. The summed E-state index contributed by atoms with van der Waals surface area (Å²) in [7, 11) is -3.86. The minimum absolute atomic E-state index is 0.0420. The van der Waals surface area contributed by atoms with Gasteiger partial charge in [-0.1, -0.05) is 59.1 Å². The van der Waals surface area contributed by atoms with Crippen LogP contribution in [0.15, 0.2) is 71.6 Å². The SMILES string of the molecule is Cc1cccc(CN2CCC(C(=O)Nc3ccc(S(=O)(=O)Nc4cccc(Cl)c4Cl)cc3)CC2)c1. The summed E-state index contributed by atoms with van der Waals surface area (Å²) in [5.74, 6) is -0.113. The number of carbonyl (C=O) groups is 1. The highest BCUT2D eigenvalue weighted by molar-refractivity contribution is 7.92. The molecule has 35 heavy (non-hydrogen) atoms. The summed E-state index contributed by atoms with van der Waals surface area (Å²) < 4.78 is 27.9. The maximum absolute atomic E-state index is 12.8. The van der Waals surface area contributed by atoms with Crippen LogP contribution in [0.25, 0.3) is 0 Å². The lowest BCUT2D eigenvalue weighted by Gasteiger charge is -2.31. The van der Waals surface area contributed by atoms with E-state index in [0.717, 1.165) is 32.5 Å². The van der Waals surface area contributed by atoms with Crippen LogP contribution in [0.1, 0.15) is 24.0 Å². The van der Waals surface area contributed by atoms with Gasteiger partial charge in [0.05, 0.1) is 20.6 Å². The third kappa shape index (κ3) is 6.55. The molecule has 3 aromatic carbocycles. The quantitative estimate of drug-likeness (QED) is 0.394. The first-order valence-corrected chi connectivity index (χ1v) is 13.6.